The van der Waals surface area contributed by atoms with Crippen LogP contribution >= 0.6 is 11.8 Å². The molecular formula is C12H18N4O3S. The van der Waals surface area contributed by atoms with Gasteiger partial charge >= 0.3 is 5.97 Å². The summed E-state index contributed by atoms with van der Waals surface area (Å²) in [4.78, 5) is 10.8. The Balaban J connectivity index is 1.65. The number of aromatic nitrogens is 4. The molecule has 1 aliphatic heterocycles. The van der Waals surface area contributed by atoms with Crippen LogP contribution in [0.1, 0.15) is 38.5 Å². The number of carbonyl (C=O) groups is 1. The summed E-state index contributed by atoms with van der Waals surface area (Å²) in [6.07, 6.45) is 6.75. The molecule has 1 spiro atoms. The van der Waals surface area contributed by atoms with Crippen LogP contribution in [0.2, 0.25) is 0 Å². The highest BCUT2D eigenvalue weighted by molar-refractivity contribution is 7.99. The van der Waals surface area contributed by atoms with Crippen molar-refractivity contribution in [1.29, 1.82) is 0 Å². The molecule has 1 aromatic heterocycles. The molecule has 1 saturated heterocycles. The SMILES string of the molecule is O=C(O)Cn1nnnc1SC1CCOC2(CCCC2)C1. The van der Waals surface area contributed by atoms with E-state index in [0.717, 1.165) is 32.3 Å². The number of tetrazole rings is 1. The van der Waals surface area contributed by atoms with Gasteiger partial charge in [0, 0.05) is 11.9 Å². The van der Waals surface area contributed by atoms with Crippen molar-refractivity contribution in [3.63, 3.8) is 0 Å². The third kappa shape index (κ3) is 2.95. The second-order valence-electron chi connectivity index (χ2n) is 5.48. The summed E-state index contributed by atoms with van der Waals surface area (Å²) < 4.78 is 7.36. The number of carboxylic acids is 1. The summed E-state index contributed by atoms with van der Waals surface area (Å²) >= 11 is 1.58. The fourth-order valence-electron chi connectivity index (χ4n) is 3.11. The number of rotatable bonds is 4. The molecule has 0 bridgehead atoms. The second-order valence-corrected chi connectivity index (χ2v) is 6.75. The Kier molecular flexibility index (Phi) is 3.93. The van der Waals surface area contributed by atoms with Crippen LogP contribution in [0.5, 0.6) is 0 Å². The molecule has 2 heterocycles. The van der Waals surface area contributed by atoms with Gasteiger partial charge in [0.05, 0.1) is 5.60 Å². The average Bonchev–Trinajstić information content (AvgIpc) is 3.00. The van der Waals surface area contributed by atoms with Crippen LogP contribution in [0.15, 0.2) is 5.16 Å². The van der Waals surface area contributed by atoms with Gasteiger partial charge in [-0.3, -0.25) is 4.79 Å². The van der Waals surface area contributed by atoms with Gasteiger partial charge in [-0.15, -0.1) is 5.10 Å². The van der Waals surface area contributed by atoms with Gasteiger partial charge in [-0.2, -0.15) is 0 Å². The van der Waals surface area contributed by atoms with E-state index in [-0.39, 0.29) is 12.1 Å². The molecule has 0 radical (unpaired) electrons. The third-order valence-electron chi connectivity index (χ3n) is 4.02. The molecule has 1 unspecified atom stereocenters. The topological polar surface area (TPSA) is 90.1 Å². The minimum absolute atomic E-state index is 0.0565. The van der Waals surface area contributed by atoms with Crippen molar-refractivity contribution in [2.24, 2.45) is 0 Å². The molecule has 0 amide bonds. The molecule has 0 aromatic carbocycles. The standard InChI is InChI=1S/C12H18N4O3S/c17-10(18)8-16-11(13-14-15-16)20-9-3-6-19-12(7-9)4-1-2-5-12/h9H,1-8H2,(H,17,18). The predicted octanol–water partition coefficient (Wildman–Crippen LogP) is 1.34. The lowest BCUT2D eigenvalue weighted by Crippen LogP contribution is -2.38. The molecule has 1 saturated carbocycles. The van der Waals surface area contributed by atoms with Crippen molar-refractivity contribution in [1.82, 2.24) is 20.2 Å². The van der Waals surface area contributed by atoms with E-state index in [1.165, 1.54) is 17.5 Å². The van der Waals surface area contributed by atoms with Crippen LogP contribution in [-0.4, -0.2) is 48.7 Å². The van der Waals surface area contributed by atoms with Crippen molar-refractivity contribution in [3.05, 3.63) is 0 Å². The molecule has 110 valence electrons. The molecule has 3 rings (SSSR count). The summed E-state index contributed by atoms with van der Waals surface area (Å²) in [5.74, 6) is -0.932. The molecule has 1 aromatic rings. The number of carboxylic acid groups (broad SMARTS) is 1. The number of hydrogen-bond donors (Lipinski definition) is 1. The first-order chi connectivity index (χ1) is 9.67. The van der Waals surface area contributed by atoms with E-state index in [2.05, 4.69) is 15.5 Å². The van der Waals surface area contributed by atoms with Gasteiger partial charge in [0.25, 0.3) is 0 Å². The maximum absolute atomic E-state index is 10.8. The molecule has 7 nitrogen and oxygen atoms in total. The van der Waals surface area contributed by atoms with Crippen molar-refractivity contribution >= 4 is 17.7 Å². The van der Waals surface area contributed by atoms with Gasteiger partial charge in [-0.25, -0.2) is 4.68 Å². The van der Waals surface area contributed by atoms with Crippen LogP contribution in [0.4, 0.5) is 0 Å². The van der Waals surface area contributed by atoms with Crippen LogP contribution in [0.25, 0.3) is 0 Å². The smallest absolute Gasteiger partial charge is 0.325 e. The van der Waals surface area contributed by atoms with Gasteiger partial charge in [0.1, 0.15) is 6.54 Å². The summed E-state index contributed by atoms with van der Waals surface area (Å²) in [6.45, 7) is 0.585. The van der Waals surface area contributed by atoms with E-state index in [1.54, 1.807) is 11.8 Å². The number of ether oxygens (including phenoxy) is 1. The highest BCUT2D eigenvalue weighted by Crippen LogP contribution is 2.43. The lowest BCUT2D eigenvalue weighted by Gasteiger charge is -2.37. The van der Waals surface area contributed by atoms with Crippen LogP contribution in [0, 0.1) is 0 Å². The molecule has 2 aliphatic rings. The highest BCUT2D eigenvalue weighted by Gasteiger charge is 2.40. The summed E-state index contributed by atoms with van der Waals surface area (Å²) in [5, 5.41) is 21.1. The zero-order valence-electron chi connectivity index (χ0n) is 11.2. The van der Waals surface area contributed by atoms with Gasteiger partial charge in [0.15, 0.2) is 0 Å². The first-order valence-electron chi connectivity index (χ1n) is 6.95. The first-order valence-corrected chi connectivity index (χ1v) is 7.83. The maximum Gasteiger partial charge on any atom is 0.325 e. The number of hydrogen-bond acceptors (Lipinski definition) is 6. The molecule has 1 aliphatic carbocycles. The van der Waals surface area contributed by atoms with E-state index < -0.39 is 5.97 Å². The highest BCUT2D eigenvalue weighted by atomic mass is 32.2. The number of thioether (sulfide) groups is 1. The minimum atomic E-state index is -0.932. The van der Waals surface area contributed by atoms with Crippen LogP contribution in [-0.2, 0) is 16.1 Å². The Morgan fingerprint density at radius 1 is 1.50 bits per heavy atom. The van der Waals surface area contributed by atoms with Crippen LogP contribution < -0.4 is 0 Å². The van der Waals surface area contributed by atoms with E-state index in [9.17, 15) is 4.79 Å². The fraction of sp³-hybridized carbons (Fsp3) is 0.833. The van der Waals surface area contributed by atoms with Gasteiger partial charge in [-0.1, -0.05) is 24.6 Å². The molecule has 1 atom stereocenters. The van der Waals surface area contributed by atoms with E-state index >= 15 is 0 Å². The largest absolute Gasteiger partial charge is 0.480 e. The molecule has 1 N–H and O–H groups in total. The van der Waals surface area contributed by atoms with E-state index in [1.807, 2.05) is 0 Å². The lowest BCUT2D eigenvalue weighted by molar-refractivity contribution is -0.138. The first kappa shape index (κ1) is 13.8. The Morgan fingerprint density at radius 3 is 3.05 bits per heavy atom. The zero-order valence-corrected chi connectivity index (χ0v) is 12.0. The van der Waals surface area contributed by atoms with E-state index in [4.69, 9.17) is 9.84 Å². The fourth-order valence-corrected chi connectivity index (χ4v) is 4.31. The number of aliphatic carboxylic acids is 1. The summed E-state index contributed by atoms with van der Waals surface area (Å²) in [6, 6.07) is 0. The second kappa shape index (κ2) is 5.69. The van der Waals surface area contributed by atoms with Crippen molar-refractivity contribution in [2.45, 2.75) is 61.1 Å². The monoisotopic (exact) mass is 298 g/mol. The van der Waals surface area contributed by atoms with Crippen molar-refractivity contribution < 1.29 is 14.6 Å². The molecule has 20 heavy (non-hydrogen) atoms. The number of nitrogens with zero attached hydrogens (tertiary/aromatic N) is 4. The van der Waals surface area contributed by atoms with Crippen molar-refractivity contribution in [3.8, 4) is 0 Å². The molecular weight excluding hydrogens is 280 g/mol. The summed E-state index contributed by atoms with van der Waals surface area (Å²) in [7, 11) is 0. The Bertz CT molecular complexity index is 487. The summed E-state index contributed by atoms with van der Waals surface area (Å²) in [5.41, 5.74) is 0.0565. The van der Waals surface area contributed by atoms with Crippen molar-refractivity contribution in [2.75, 3.05) is 6.61 Å². The Labute approximate surface area is 121 Å². The van der Waals surface area contributed by atoms with Crippen LogP contribution in [0.3, 0.4) is 0 Å². The maximum atomic E-state index is 10.8. The van der Waals surface area contributed by atoms with Gasteiger partial charge < -0.3 is 9.84 Å². The zero-order chi connectivity index (χ0) is 14.0. The third-order valence-corrected chi connectivity index (χ3v) is 5.26. The quantitative estimate of drug-likeness (QED) is 0.897. The van der Waals surface area contributed by atoms with Gasteiger partial charge in [0.2, 0.25) is 5.16 Å². The van der Waals surface area contributed by atoms with E-state index in [0.29, 0.717) is 10.4 Å². The lowest BCUT2D eigenvalue weighted by atomic mass is 9.92. The molecule has 2 fully saturated rings. The molecule has 8 heteroatoms. The van der Waals surface area contributed by atoms with Gasteiger partial charge in [-0.05, 0) is 36.1 Å². The minimum Gasteiger partial charge on any atom is -0.480 e. The average molecular weight is 298 g/mol. The Morgan fingerprint density at radius 2 is 2.30 bits per heavy atom. The Hall–Kier alpha value is -1.15. The predicted molar refractivity (Wildman–Crippen MR) is 71.5 cm³/mol. The normalized spacial score (nSPS) is 25.1.